The highest BCUT2D eigenvalue weighted by Crippen LogP contribution is 2.35. The fraction of sp³-hybridized carbons (Fsp3) is 0.412. The van der Waals surface area contributed by atoms with E-state index < -0.39 is 0 Å². The number of hydrogen-bond acceptors (Lipinski definition) is 3. The lowest BCUT2D eigenvalue weighted by atomic mass is 10.0. The number of nitrogens with two attached hydrogens (primary N) is 1. The maximum atomic E-state index is 5.81. The molecule has 4 heteroatoms. The molecule has 1 aliphatic carbocycles. The van der Waals surface area contributed by atoms with E-state index in [0.29, 0.717) is 5.96 Å². The maximum absolute atomic E-state index is 5.81. The summed E-state index contributed by atoms with van der Waals surface area (Å²) in [5.74, 6) is 1.36. The van der Waals surface area contributed by atoms with Crippen molar-refractivity contribution in [2.24, 2.45) is 15.7 Å². The molecule has 4 nitrogen and oxygen atoms in total. The van der Waals surface area contributed by atoms with Crippen molar-refractivity contribution in [3.05, 3.63) is 46.7 Å². The predicted molar refractivity (Wildman–Crippen MR) is 87.5 cm³/mol. The van der Waals surface area contributed by atoms with Crippen LogP contribution in [0.15, 0.2) is 34.4 Å². The first-order valence-corrected chi connectivity index (χ1v) is 7.55. The fourth-order valence-corrected chi connectivity index (χ4v) is 2.96. The number of aryl methyl sites for hydroxylation is 3. The zero-order valence-electron chi connectivity index (χ0n) is 12.7. The molecule has 0 amide bonds. The van der Waals surface area contributed by atoms with Gasteiger partial charge in [0.25, 0.3) is 0 Å². The van der Waals surface area contributed by atoms with Crippen molar-refractivity contribution in [1.82, 2.24) is 5.32 Å². The zero-order valence-corrected chi connectivity index (χ0v) is 12.7. The van der Waals surface area contributed by atoms with Gasteiger partial charge < -0.3 is 11.1 Å². The van der Waals surface area contributed by atoms with Gasteiger partial charge in [-0.15, -0.1) is 0 Å². The van der Waals surface area contributed by atoms with E-state index in [4.69, 9.17) is 10.7 Å². The molecule has 1 atom stereocenters. The summed E-state index contributed by atoms with van der Waals surface area (Å²) in [4.78, 5) is 9.01. The van der Waals surface area contributed by atoms with Crippen LogP contribution in [0.4, 0.5) is 0 Å². The Morgan fingerprint density at radius 2 is 2.05 bits per heavy atom. The van der Waals surface area contributed by atoms with Crippen molar-refractivity contribution in [2.75, 3.05) is 0 Å². The van der Waals surface area contributed by atoms with Crippen LogP contribution >= 0.6 is 0 Å². The Kier molecular flexibility index (Phi) is 3.78. The van der Waals surface area contributed by atoms with Crippen LogP contribution in [0.3, 0.4) is 0 Å². The molecule has 1 aromatic carbocycles. The molecule has 1 unspecified atom stereocenters. The summed E-state index contributed by atoms with van der Waals surface area (Å²) in [6.07, 6.45) is 7.78. The first kappa shape index (κ1) is 13.9. The molecule has 0 radical (unpaired) electrons. The number of allylic oxidation sites excluding steroid dienone is 1. The van der Waals surface area contributed by atoms with E-state index in [1.165, 1.54) is 22.3 Å². The van der Waals surface area contributed by atoms with E-state index in [9.17, 15) is 0 Å². The third kappa shape index (κ3) is 2.99. The van der Waals surface area contributed by atoms with Gasteiger partial charge in [-0.05, 0) is 55.4 Å². The lowest BCUT2D eigenvalue weighted by molar-refractivity contribution is 0.707. The number of rotatable bonds is 1. The Balaban J connectivity index is 1.87. The van der Waals surface area contributed by atoms with E-state index in [-0.39, 0.29) is 6.04 Å². The Labute approximate surface area is 125 Å². The van der Waals surface area contributed by atoms with Gasteiger partial charge >= 0.3 is 0 Å². The van der Waals surface area contributed by atoms with Gasteiger partial charge in [-0.3, -0.25) is 4.99 Å². The van der Waals surface area contributed by atoms with Crippen LogP contribution in [0.5, 0.6) is 0 Å². The van der Waals surface area contributed by atoms with Crippen molar-refractivity contribution in [3.8, 4) is 0 Å². The van der Waals surface area contributed by atoms with Gasteiger partial charge in [0.2, 0.25) is 0 Å². The van der Waals surface area contributed by atoms with Gasteiger partial charge in [0.1, 0.15) is 5.84 Å². The number of aliphatic imine (C=N–C) groups is 2. The molecule has 0 saturated carbocycles. The second-order valence-corrected chi connectivity index (χ2v) is 5.83. The highest BCUT2D eigenvalue weighted by molar-refractivity contribution is 5.99. The Morgan fingerprint density at radius 1 is 1.24 bits per heavy atom. The van der Waals surface area contributed by atoms with E-state index >= 15 is 0 Å². The molecule has 2 aliphatic rings. The Morgan fingerprint density at radius 3 is 2.90 bits per heavy atom. The SMILES string of the molecule is Cc1cc2c(cc1C)C(N=C1CC/C=C\N=C(N)N1)CC2. The summed E-state index contributed by atoms with van der Waals surface area (Å²) in [5, 5.41) is 3.13. The number of benzene rings is 1. The minimum absolute atomic E-state index is 0.248. The minimum atomic E-state index is 0.248. The fourth-order valence-electron chi connectivity index (χ4n) is 2.96. The molecule has 0 fully saturated rings. The lowest BCUT2D eigenvalue weighted by Crippen LogP contribution is -2.37. The highest BCUT2D eigenvalue weighted by atomic mass is 15.1. The van der Waals surface area contributed by atoms with E-state index in [1.807, 2.05) is 6.08 Å². The number of amidine groups is 1. The second kappa shape index (κ2) is 5.72. The molecule has 3 rings (SSSR count). The van der Waals surface area contributed by atoms with Crippen molar-refractivity contribution in [3.63, 3.8) is 0 Å². The summed E-state index contributed by atoms with van der Waals surface area (Å²) in [6.45, 7) is 4.34. The molecule has 0 saturated heterocycles. The summed E-state index contributed by atoms with van der Waals surface area (Å²) in [7, 11) is 0. The van der Waals surface area contributed by atoms with Crippen molar-refractivity contribution in [1.29, 1.82) is 0 Å². The van der Waals surface area contributed by atoms with Gasteiger partial charge in [0, 0.05) is 12.6 Å². The number of nitrogens with one attached hydrogen (secondary N) is 1. The monoisotopic (exact) mass is 282 g/mol. The Bertz CT molecular complexity index is 640. The van der Waals surface area contributed by atoms with E-state index in [0.717, 1.165) is 31.5 Å². The quantitative estimate of drug-likeness (QED) is 0.832. The van der Waals surface area contributed by atoms with Gasteiger partial charge in [0.15, 0.2) is 5.96 Å². The van der Waals surface area contributed by atoms with Gasteiger partial charge in [-0.25, -0.2) is 4.99 Å². The van der Waals surface area contributed by atoms with Crippen molar-refractivity contribution >= 4 is 11.8 Å². The maximum Gasteiger partial charge on any atom is 0.198 e. The van der Waals surface area contributed by atoms with Crippen LogP contribution in [0.2, 0.25) is 0 Å². The van der Waals surface area contributed by atoms with Crippen molar-refractivity contribution < 1.29 is 0 Å². The van der Waals surface area contributed by atoms with Crippen LogP contribution in [-0.2, 0) is 6.42 Å². The van der Waals surface area contributed by atoms with E-state index in [2.05, 4.69) is 36.3 Å². The lowest BCUT2D eigenvalue weighted by Gasteiger charge is -2.14. The van der Waals surface area contributed by atoms with Gasteiger partial charge in [0.05, 0.1) is 6.04 Å². The first-order valence-electron chi connectivity index (χ1n) is 7.55. The molecule has 1 aromatic rings. The third-order valence-electron chi connectivity index (χ3n) is 4.25. The molecule has 110 valence electrons. The van der Waals surface area contributed by atoms with Crippen LogP contribution in [0, 0.1) is 13.8 Å². The van der Waals surface area contributed by atoms with Crippen LogP contribution in [0.1, 0.15) is 47.6 Å². The third-order valence-corrected chi connectivity index (χ3v) is 4.25. The molecule has 1 heterocycles. The van der Waals surface area contributed by atoms with Gasteiger partial charge in [-0.1, -0.05) is 18.2 Å². The Hall–Kier alpha value is -2.10. The van der Waals surface area contributed by atoms with E-state index in [1.54, 1.807) is 6.20 Å². The van der Waals surface area contributed by atoms with Gasteiger partial charge in [-0.2, -0.15) is 0 Å². The second-order valence-electron chi connectivity index (χ2n) is 5.83. The largest absolute Gasteiger partial charge is 0.369 e. The predicted octanol–water partition coefficient (Wildman–Crippen LogP) is 2.90. The molecular weight excluding hydrogens is 260 g/mol. The van der Waals surface area contributed by atoms with Crippen LogP contribution in [0.25, 0.3) is 0 Å². The normalized spacial score (nSPS) is 24.8. The number of fused-ring (bicyclic) bond motifs is 1. The summed E-state index contributed by atoms with van der Waals surface area (Å²) < 4.78 is 0. The summed E-state index contributed by atoms with van der Waals surface area (Å²) >= 11 is 0. The summed E-state index contributed by atoms with van der Waals surface area (Å²) in [6, 6.07) is 4.86. The number of guanidine groups is 1. The minimum Gasteiger partial charge on any atom is -0.369 e. The first-order chi connectivity index (χ1) is 10.1. The topological polar surface area (TPSA) is 62.8 Å². The summed E-state index contributed by atoms with van der Waals surface area (Å²) in [5.41, 5.74) is 11.3. The molecule has 0 spiro atoms. The number of hydrogen-bond donors (Lipinski definition) is 2. The standard InChI is InChI=1S/C17H22N4/c1-11-9-13-6-7-15(14(13)10-12(11)2)20-16-5-3-4-8-19-17(18)21-16/h4,8-10,15H,3,5-7H2,1-2H3,(H3,18,19,20,21)/b8-4-. The average molecular weight is 282 g/mol. The molecule has 0 bridgehead atoms. The van der Waals surface area contributed by atoms with Crippen LogP contribution in [-0.4, -0.2) is 11.8 Å². The molecule has 3 N–H and O–H groups in total. The average Bonchev–Trinajstić information content (AvgIpc) is 2.79. The zero-order chi connectivity index (χ0) is 14.8. The highest BCUT2D eigenvalue weighted by Gasteiger charge is 2.23. The number of nitrogens with zero attached hydrogens (tertiary/aromatic N) is 2. The van der Waals surface area contributed by atoms with Crippen LogP contribution < -0.4 is 11.1 Å². The molecular formula is C17H22N4. The smallest absolute Gasteiger partial charge is 0.198 e. The molecule has 1 aliphatic heterocycles. The molecule has 0 aromatic heterocycles. The molecule has 21 heavy (non-hydrogen) atoms. The van der Waals surface area contributed by atoms with Crippen molar-refractivity contribution in [2.45, 2.75) is 45.6 Å².